The molecule has 0 amide bonds. The van der Waals surface area contributed by atoms with Gasteiger partial charge >= 0.3 is 5.97 Å². The van der Waals surface area contributed by atoms with E-state index in [4.69, 9.17) is 4.74 Å². The van der Waals surface area contributed by atoms with Crippen LogP contribution in [0.4, 0.5) is 4.39 Å². The van der Waals surface area contributed by atoms with Crippen LogP contribution >= 0.6 is 0 Å². The Bertz CT molecular complexity index is 1170. The minimum Gasteiger partial charge on any atom is -0.462 e. The van der Waals surface area contributed by atoms with Gasteiger partial charge in [0.2, 0.25) is 5.78 Å². The molecule has 1 aliphatic rings. The zero-order valence-corrected chi connectivity index (χ0v) is 15.9. The Morgan fingerprint density at radius 2 is 2.00 bits per heavy atom. The molecule has 0 saturated heterocycles. The van der Waals surface area contributed by atoms with E-state index in [0.29, 0.717) is 13.0 Å². The molecule has 0 radical (unpaired) electrons. The molecule has 8 heteroatoms. The summed E-state index contributed by atoms with van der Waals surface area (Å²) in [5.74, 6) is -2.64. The number of esters is 1. The summed E-state index contributed by atoms with van der Waals surface area (Å²) in [6.07, 6.45) is 3.43. The summed E-state index contributed by atoms with van der Waals surface area (Å²) in [7, 11) is 3.79. The van der Waals surface area contributed by atoms with E-state index in [1.165, 1.54) is 41.1 Å². The molecule has 0 bridgehead atoms. The first-order valence-electron chi connectivity index (χ1n) is 9.10. The van der Waals surface area contributed by atoms with Gasteiger partial charge in [0.05, 0.1) is 23.3 Å². The third-order valence-electron chi connectivity index (χ3n) is 4.81. The number of ketones is 2. The first kappa shape index (κ1) is 18.9. The molecule has 7 nitrogen and oxygen atoms in total. The van der Waals surface area contributed by atoms with Gasteiger partial charge in [0.15, 0.2) is 5.78 Å². The van der Waals surface area contributed by atoms with Crippen LogP contribution in [0.25, 0.3) is 5.52 Å². The van der Waals surface area contributed by atoms with Gasteiger partial charge in [0.25, 0.3) is 0 Å². The number of ether oxygens (including phenoxy) is 1. The summed E-state index contributed by atoms with van der Waals surface area (Å²) in [6, 6.07) is 5.57. The van der Waals surface area contributed by atoms with Gasteiger partial charge in [-0.2, -0.15) is 0 Å². The van der Waals surface area contributed by atoms with Gasteiger partial charge in [-0.1, -0.05) is 0 Å². The van der Waals surface area contributed by atoms with E-state index >= 15 is 0 Å². The van der Waals surface area contributed by atoms with Crippen molar-refractivity contribution >= 4 is 23.1 Å². The fourth-order valence-corrected chi connectivity index (χ4v) is 3.54. The summed E-state index contributed by atoms with van der Waals surface area (Å²) >= 11 is 0. The maximum absolute atomic E-state index is 14.7. The highest BCUT2D eigenvalue weighted by Crippen LogP contribution is 2.34. The van der Waals surface area contributed by atoms with Crippen molar-refractivity contribution in [3.05, 3.63) is 70.6 Å². The van der Waals surface area contributed by atoms with Crippen LogP contribution in [-0.4, -0.2) is 59.1 Å². The molecule has 0 N–H and O–H groups in total. The van der Waals surface area contributed by atoms with Gasteiger partial charge in [-0.25, -0.2) is 9.18 Å². The monoisotopic (exact) mass is 395 g/mol. The Hall–Kier alpha value is -3.39. The second-order valence-corrected chi connectivity index (χ2v) is 7.02. The number of rotatable bonds is 5. The third kappa shape index (κ3) is 3.01. The fourth-order valence-electron chi connectivity index (χ4n) is 3.54. The van der Waals surface area contributed by atoms with Crippen molar-refractivity contribution in [3.8, 4) is 0 Å². The molecule has 0 aromatic carbocycles. The molecule has 148 valence electrons. The molecule has 0 spiro atoms. The second kappa shape index (κ2) is 7.21. The smallest absolute Gasteiger partial charge is 0.341 e. The molecule has 3 aromatic heterocycles. The van der Waals surface area contributed by atoms with E-state index in [1.54, 1.807) is 0 Å². The molecule has 29 heavy (non-hydrogen) atoms. The van der Waals surface area contributed by atoms with Crippen LogP contribution in [-0.2, 0) is 4.74 Å². The van der Waals surface area contributed by atoms with Crippen molar-refractivity contribution in [2.75, 3.05) is 27.2 Å². The maximum Gasteiger partial charge on any atom is 0.341 e. The van der Waals surface area contributed by atoms with E-state index in [1.807, 2.05) is 19.0 Å². The lowest BCUT2D eigenvalue weighted by molar-refractivity contribution is 0.0493. The average molecular weight is 395 g/mol. The van der Waals surface area contributed by atoms with Crippen LogP contribution in [0, 0.1) is 5.82 Å². The third-order valence-corrected chi connectivity index (χ3v) is 4.81. The van der Waals surface area contributed by atoms with Crippen molar-refractivity contribution in [2.45, 2.75) is 6.42 Å². The van der Waals surface area contributed by atoms with E-state index in [2.05, 4.69) is 4.98 Å². The molecular weight excluding hydrogens is 377 g/mol. The molecule has 4 rings (SSSR count). The zero-order valence-electron chi connectivity index (χ0n) is 15.9. The topological polar surface area (TPSA) is 81.0 Å². The van der Waals surface area contributed by atoms with E-state index in [9.17, 15) is 18.8 Å². The van der Waals surface area contributed by atoms with Gasteiger partial charge in [0, 0.05) is 18.9 Å². The summed E-state index contributed by atoms with van der Waals surface area (Å²) < 4.78 is 21.2. The van der Waals surface area contributed by atoms with Gasteiger partial charge in [-0.05, 0) is 44.8 Å². The number of carbonyl (C=O) groups is 3. The lowest BCUT2D eigenvalue weighted by Crippen LogP contribution is -2.24. The molecule has 0 unspecified atom stereocenters. The summed E-state index contributed by atoms with van der Waals surface area (Å²) in [6.45, 7) is 0.810. The number of nitrogens with zero attached hydrogens (tertiary/aromatic N) is 3. The lowest BCUT2D eigenvalue weighted by atomic mass is 9.89. The summed E-state index contributed by atoms with van der Waals surface area (Å²) in [5, 5.41) is 0. The first-order valence-corrected chi connectivity index (χ1v) is 9.10. The molecule has 0 atom stereocenters. The number of hydrogen-bond donors (Lipinski definition) is 0. The van der Waals surface area contributed by atoms with Crippen molar-refractivity contribution in [1.29, 1.82) is 0 Å². The Labute approximate surface area is 165 Å². The van der Waals surface area contributed by atoms with Crippen molar-refractivity contribution < 1.29 is 23.5 Å². The quantitative estimate of drug-likeness (QED) is 0.381. The van der Waals surface area contributed by atoms with Crippen LogP contribution in [0.1, 0.15) is 48.9 Å². The number of fused-ring (bicyclic) bond motifs is 4. The highest BCUT2D eigenvalue weighted by molar-refractivity contribution is 6.31. The van der Waals surface area contributed by atoms with Crippen LogP contribution in [0.3, 0.4) is 0 Å². The Morgan fingerprint density at radius 3 is 2.76 bits per heavy atom. The van der Waals surface area contributed by atoms with Gasteiger partial charge in [-0.15, -0.1) is 0 Å². The van der Waals surface area contributed by atoms with Crippen LogP contribution < -0.4 is 0 Å². The maximum atomic E-state index is 14.7. The minimum absolute atomic E-state index is 0.0143. The summed E-state index contributed by atoms with van der Waals surface area (Å²) in [5.41, 5.74) is -0.517. The number of hydrogen-bond acceptors (Lipinski definition) is 6. The number of carbonyl (C=O) groups excluding carboxylic acids is 3. The van der Waals surface area contributed by atoms with Crippen LogP contribution in [0.5, 0.6) is 0 Å². The normalized spacial score (nSPS) is 13.0. The minimum atomic E-state index is -0.832. The molecule has 1 aliphatic carbocycles. The van der Waals surface area contributed by atoms with E-state index in [-0.39, 0.29) is 40.2 Å². The fraction of sp³-hybridized carbons (Fsp3) is 0.238. The van der Waals surface area contributed by atoms with Crippen LogP contribution in [0.15, 0.2) is 36.7 Å². The lowest BCUT2D eigenvalue weighted by Gasteiger charge is -2.14. The van der Waals surface area contributed by atoms with Crippen LogP contribution in [0.2, 0.25) is 0 Å². The molecule has 3 aromatic rings. The first-order chi connectivity index (χ1) is 13.9. The highest BCUT2D eigenvalue weighted by Gasteiger charge is 2.39. The van der Waals surface area contributed by atoms with E-state index in [0.717, 1.165) is 0 Å². The number of aromatic nitrogens is 2. The summed E-state index contributed by atoms with van der Waals surface area (Å²) in [4.78, 5) is 45.0. The van der Waals surface area contributed by atoms with Crippen molar-refractivity contribution in [3.63, 3.8) is 0 Å². The average Bonchev–Trinajstić information content (AvgIpc) is 3.06. The Balaban J connectivity index is 1.86. The SMILES string of the molecule is CN(C)CCCOC(=O)c1c2c(n3cccc(F)c13)C(=O)c1ncccc1C2=O. The number of pyridine rings is 2. The molecule has 0 aliphatic heterocycles. The molecular formula is C21H18FN3O4. The second-order valence-electron chi connectivity index (χ2n) is 7.02. The standard InChI is InChI=1S/C21H18FN3O4/c1-24(2)9-5-11-29-21(28)15-14-18(25-10-4-7-13(22)17(15)25)20(27)16-12(19(14)26)6-3-8-23-16/h3-4,6-8,10H,5,9,11H2,1-2H3. The van der Waals surface area contributed by atoms with E-state index < -0.39 is 23.4 Å². The Kier molecular flexibility index (Phi) is 4.71. The molecule has 0 fully saturated rings. The van der Waals surface area contributed by atoms with Gasteiger partial charge in [-0.3, -0.25) is 14.6 Å². The number of halogens is 1. The van der Waals surface area contributed by atoms with Gasteiger partial charge < -0.3 is 14.0 Å². The highest BCUT2D eigenvalue weighted by atomic mass is 19.1. The molecule has 3 heterocycles. The van der Waals surface area contributed by atoms with Crippen molar-refractivity contribution in [1.82, 2.24) is 14.3 Å². The predicted molar refractivity (Wildman–Crippen MR) is 102 cm³/mol. The van der Waals surface area contributed by atoms with Gasteiger partial charge in [0.1, 0.15) is 22.8 Å². The van der Waals surface area contributed by atoms with Crippen molar-refractivity contribution in [2.24, 2.45) is 0 Å². The largest absolute Gasteiger partial charge is 0.462 e. The Morgan fingerprint density at radius 1 is 1.21 bits per heavy atom. The predicted octanol–water partition coefficient (Wildman–Crippen LogP) is 2.36. The molecule has 0 saturated carbocycles. The zero-order chi connectivity index (χ0) is 20.7.